The van der Waals surface area contributed by atoms with Crippen LogP contribution in [0.15, 0.2) is 48.5 Å². The Hall–Kier alpha value is -2.53. The second-order valence-corrected chi connectivity index (χ2v) is 7.47. The number of hydrogen-bond acceptors (Lipinski definition) is 2. The van der Waals surface area contributed by atoms with Crippen LogP contribution < -0.4 is 10.6 Å². The van der Waals surface area contributed by atoms with Crippen molar-refractivity contribution in [3.8, 4) is 0 Å². The van der Waals surface area contributed by atoms with E-state index in [-0.39, 0.29) is 5.91 Å². The Balaban J connectivity index is 1.49. The molecular weight excluding hydrogens is 364 g/mol. The van der Waals surface area contributed by atoms with Crippen LogP contribution in [0.3, 0.4) is 0 Å². The molecule has 0 spiro atoms. The van der Waals surface area contributed by atoms with Gasteiger partial charge in [0.1, 0.15) is 0 Å². The van der Waals surface area contributed by atoms with E-state index in [1.807, 2.05) is 18.2 Å². The molecule has 0 saturated heterocycles. The average Bonchev–Trinajstić information content (AvgIpc) is 2.64. The minimum absolute atomic E-state index is 0.0356. The van der Waals surface area contributed by atoms with E-state index in [0.717, 1.165) is 36.9 Å². The van der Waals surface area contributed by atoms with Gasteiger partial charge in [0, 0.05) is 22.8 Å². The Morgan fingerprint density at radius 2 is 1.67 bits per heavy atom. The van der Waals surface area contributed by atoms with E-state index in [0.29, 0.717) is 29.0 Å². The van der Waals surface area contributed by atoms with Crippen LogP contribution >= 0.6 is 11.6 Å². The van der Waals surface area contributed by atoms with E-state index in [1.54, 1.807) is 30.3 Å². The maximum absolute atomic E-state index is 12.3. The number of nitrogens with one attached hydrogen (secondary N) is 2. The van der Waals surface area contributed by atoms with Gasteiger partial charge < -0.3 is 10.4 Å². The van der Waals surface area contributed by atoms with E-state index in [4.69, 9.17) is 16.7 Å². The van der Waals surface area contributed by atoms with Crippen LogP contribution in [0.25, 0.3) is 0 Å². The van der Waals surface area contributed by atoms with E-state index >= 15 is 0 Å². The number of hydrogen-bond donors (Lipinski definition) is 3. The molecule has 27 heavy (non-hydrogen) atoms. The molecule has 2 aromatic rings. The lowest BCUT2D eigenvalue weighted by atomic mass is 9.77. The third kappa shape index (κ3) is 5.73. The Bertz CT molecular complexity index is 799. The summed E-state index contributed by atoms with van der Waals surface area (Å²) in [6, 6.07) is 14.7. The summed E-state index contributed by atoms with van der Waals surface area (Å²) in [4.78, 5) is 23.1. The second-order valence-electron chi connectivity index (χ2n) is 7.03. The van der Waals surface area contributed by atoms with Crippen LogP contribution in [0.1, 0.15) is 43.6 Å². The number of rotatable bonds is 5. The lowest BCUT2D eigenvalue weighted by molar-refractivity contribution is -0.117. The Kier molecular flexibility index (Phi) is 6.35. The Labute approximate surface area is 163 Å². The number of carboxylic acid groups (broad SMARTS) is 1. The first-order valence-electron chi connectivity index (χ1n) is 9.15. The fraction of sp³-hybridized carbons (Fsp3) is 0.333. The quantitative estimate of drug-likeness (QED) is 0.613. The molecular formula is C21H23ClN2O3. The number of anilines is 2. The van der Waals surface area contributed by atoms with Gasteiger partial charge in [-0.3, -0.25) is 10.1 Å². The van der Waals surface area contributed by atoms with Gasteiger partial charge in [0.15, 0.2) is 0 Å². The van der Waals surface area contributed by atoms with Crippen LogP contribution in [0.2, 0.25) is 5.02 Å². The molecule has 0 radical (unpaired) electrons. The van der Waals surface area contributed by atoms with Crippen molar-refractivity contribution >= 4 is 35.0 Å². The van der Waals surface area contributed by atoms with E-state index in [2.05, 4.69) is 10.6 Å². The normalized spacial score (nSPS) is 19.3. The van der Waals surface area contributed by atoms with Crippen LogP contribution in [0, 0.1) is 5.92 Å². The maximum Gasteiger partial charge on any atom is 0.409 e. The highest BCUT2D eigenvalue weighted by Gasteiger charge is 2.24. The molecule has 2 aromatic carbocycles. The van der Waals surface area contributed by atoms with Crippen molar-refractivity contribution in [1.29, 1.82) is 0 Å². The molecule has 1 fully saturated rings. The van der Waals surface area contributed by atoms with Crippen molar-refractivity contribution in [2.24, 2.45) is 5.92 Å². The van der Waals surface area contributed by atoms with Gasteiger partial charge in [-0.25, -0.2) is 4.79 Å². The molecule has 0 aliphatic heterocycles. The fourth-order valence-electron chi connectivity index (χ4n) is 3.70. The summed E-state index contributed by atoms with van der Waals surface area (Å²) in [7, 11) is 0. The predicted octanol–water partition coefficient (Wildman–Crippen LogP) is 5.73. The summed E-state index contributed by atoms with van der Waals surface area (Å²) in [5.41, 5.74) is 2.52. The zero-order valence-corrected chi connectivity index (χ0v) is 15.7. The fourth-order valence-corrected chi connectivity index (χ4v) is 3.83. The molecule has 0 heterocycles. The third-order valence-electron chi connectivity index (χ3n) is 5.06. The highest BCUT2D eigenvalue weighted by atomic mass is 35.5. The summed E-state index contributed by atoms with van der Waals surface area (Å²) in [5, 5.41) is 14.8. The van der Waals surface area contributed by atoms with Gasteiger partial charge in [-0.2, -0.15) is 0 Å². The van der Waals surface area contributed by atoms with E-state index in [9.17, 15) is 9.59 Å². The molecule has 0 bridgehead atoms. The van der Waals surface area contributed by atoms with Gasteiger partial charge in [-0.05, 0) is 79.5 Å². The van der Waals surface area contributed by atoms with Crippen molar-refractivity contribution in [2.75, 3.05) is 10.6 Å². The van der Waals surface area contributed by atoms with Crippen molar-refractivity contribution in [2.45, 2.75) is 38.0 Å². The molecule has 3 rings (SSSR count). The average molecular weight is 387 g/mol. The summed E-state index contributed by atoms with van der Waals surface area (Å²) in [5.74, 6) is 0.832. The maximum atomic E-state index is 12.3. The monoisotopic (exact) mass is 386 g/mol. The first-order chi connectivity index (χ1) is 13.0. The highest BCUT2D eigenvalue weighted by molar-refractivity contribution is 6.30. The molecule has 2 amide bonds. The van der Waals surface area contributed by atoms with Gasteiger partial charge in [0.2, 0.25) is 5.91 Å². The molecule has 142 valence electrons. The molecule has 0 unspecified atom stereocenters. The van der Waals surface area contributed by atoms with Crippen LogP contribution in [-0.2, 0) is 4.79 Å². The number of benzene rings is 2. The van der Waals surface area contributed by atoms with Crippen LogP contribution in [0.4, 0.5) is 16.2 Å². The summed E-state index contributed by atoms with van der Waals surface area (Å²) < 4.78 is 0. The second kappa shape index (κ2) is 8.91. The molecule has 3 N–H and O–H groups in total. The zero-order chi connectivity index (χ0) is 19.2. The largest absolute Gasteiger partial charge is 0.465 e. The van der Waals surface area contributed by atoms with Crippen LogP contribution in [-0.4, -0.2) is 17.1 Å². The smallest absolute Gasteiger partial charge is 0.409 e. The molecule has 6 heteroatoms. The summed E-state index contributed by atoms with van der Waals surface area (Å²) >= 11 is 5.86. The molecule has 5 nitrogen and oxygen atoms in total. The Morgan fingerprint density at radius 3 is 2.33 bits per heavy atom. The molecule has 0 aromatic heterocycles. The van der Waals surface area contributed by atoms with Crippen molar-refractivity contribution in [3.63, 3.8) is 0 Å². The zero-order valence-electron chi connectivity index (χ0n) is 15.0. The van der Waals surface area contributed by atoms with Crippen molar-refractivity contribution < 1.29 is 14.7 Å². The lowest BCUT2D eigenvalue weighted by Crippen LogP contribution is -2.20. The Morgan fingerprint density at radius 1 is 0.963 bits per heavy atom. The molecule has 1 aliphatic carbocycles. The molecule has 1 aliphatic rings. The van der Waals surface area contributed by atoms with E-state index < -0.39 is 6.09 Å². The number of carbonyl (C=O) groups is 2. The SMILES string of the molecule is O=C(O)Nc1cccc(C2CCC(CC(=O)Nc3ccc(Cl)cc3)CC2)c1. The van der Waals surface area contributed by atoms with Gasteiger partial charge >= 0.3 is 6.09 Å². The standard InChI is InChI=1S/C21H23ClN2O3/c22-17-8-10-18(11-9-17)23-20(25)12-14-4-6-15(7-5-14)16-2-1-3-19(13-16)24-21(26)27/h1-3,8-11,13-15,24H,4-7,12H2,(H,23,25)(H,26,27). The summed E-state index contributed by atoms with van der Waals surface area (Å²) in [6.07, 6.45) is 3.48. The predicted molar refractivity (Wildman–Crippen MR) is 107 cm³/mol. The topological polar surface area (TPSA) is 78.4 Å². The lowest BCUT2D eigenvalue weighted by Gasteiger charge is -2.28. The minimum Gasteiger partial charge on any atom is -0.465 e. The van der Waals surface area contributed by atoms with Gasteiger partial charge in [-0.15, -0.1) is 0 Å². The van der Waals surface area contributed by atoms with Gasteiger partial charge in [-0.1, -0.05) is 23.7 Å². The van der Waals surface area contributed by atoms with Gasteiger partial charge in [0.25, 0.3) is 0 Å². The van der Waals surface area contributed by atoms with Crippen LogP contribution in [0.5, 0.6) is 0 Å². The molecule has 0 atom stereocenters. The number of amides is 2. The number of halogens is 1. The van der Waals surface area contributed by atoms with Crippen molar-refractivity contribution in [1.82, 2.24) is 0 Å². The van der Waals surface area contributed by atoms with Gasteiger partial charge in [0.05, 0.1) is 0 Å². The molecule has 1 saturated carbocycles. The number of carbonyl (C=O) groups excluding carboxylic acids is 1. The minimum atomic E-state index is -1.05. The highest BCUT2D eigenvalue weighted by Crippen LogP contribution is 2.37. The third-order valence-corrected chi connectivity index (χ3v) is 5.31. The first kappa shape index (κ1) is 19.2. The van der Waals surface area contributed by atoms with E-state index in [1.165, 1.54) is 0 Å². The first-order valence-corrected chi connectivity index (χ1v) is 9.53. The summed E-state index contributed by atoms with van der Waals surface area (Å²) in [6.45, 7) is 0. The van der Waals surface area contributed by atoms with Crippen molar-refractivity contribution in [3.05, 3.63) is 59.1 Å².